The van der Waals surface area contributed by atoms with Crippen molar-refractivity contribution in [1.29, 1.82) is 5.26 Å². The zero-order valence-corrected chi connectivity index (χ0v) is 19.0. The van der Waals surface area contributed by atoms with Crippen molar-refractivity contribution >= 4 is 40.3 Å². The largest absolute Gasteiger partial charge is 0.457 e. The van der Waals surface area contributed by atoms with Gasteiger partial charge in [-0.1, -0.05) is 68.2 Å². The zero-order chi connectivity index (χ0) is 22.2. The Morgan fingerprint density at radius 3 is 2.45 bits per heavy atom. The molecule has 4 nitrogen and oxygen atoms in total. The van der Waals surface area contributed by atoms with Gasteiger partial charge in [0.25, 0.3) is 5.91 Å². The van der Waals surface area contributed by atoms with Gasteiger partial charge in [-0.3, -0.25) is 9.69 Å². The normalized spacial score (nSPS) is 14.4. The average molecular weight is 447 g/mol. The van der Waals surface area contributed by atoms with Crippen molar-refractivity contribution in [2.75, 3.05) is 6.54 Å². The van der Waals surface area contributed by atoms with Gasteiger partial charge in [-0.2, -0.15) is 5.26 Å². The van der Waals surface area contributed by atoms with E-state index in [9.17, 15) is 4.79 Å². The van der Waals surface area contributed by atoms with Crippen LogP contribution >= 0.6 is 24.0 Å². The third-order valence-corrected chi connectivity index (χ3v) is 5.92. The van der Waals surface area contributed by atoms with Crippen molar-refractivity contribution in [2.45, 2.75) is 20.3 Å². The number of thioether (sulfide) groups is 1. The van der Waals surface area contributed by atoms with E-state index in [-0.39, 0.29) is 5.91 Å². The molecule has 4 rings (SSSR count). The minimum atomic E-state index is -0.0905. The molecule has 0 bridgehead atoms. The summed E-state index contributed by atoms with van der Waals surface area (Å²) in [6.07, 6.45) is 2.49. The lowest BCUT2D eigenvalue weighted by molar-refractivity contribution is -0.122. The van der Waals surface area contributed by atoms with Crippen LogP contribution < -0.4 is 0 Å². The smallest absolute Gasteiger partial charge is 0.266 e. The molecule has 0 spiro atoms. The monoisotopic (exact) mass is 446 g/mol. The Kier molecular flexibility index (Phi) is 7.82. The van der Waals surface area contributed by atoms with Gasteiger partial charge in [-0.25, -0.2) is 0 Å². The standard InChI is InChI=1S/C23H16N2O2S2.C2H6/c24-15-17-6-8-18(9-7-17)20-11-10-19(27-20)14-21-22(26)25(23(28)29-21)13-12-16-4-2-1-3-5-16;1-2/h1-11,14H,12-13H2;1-2H3/b21-14+;. The number of rotatable bonds is 5. The molecule has 0 aliphatic carbocycles. The van der Waals surface area contributed by atoms with Gasteiger partial charge < -0.3 is 4.42 Å². The Balaban J connectivity index is 0.00000132. The van der Waals surface area contributed by atoms with E-state index >= 15 is 0 Å². The van der Waals surface area contributed by atoms with Gasteiger partial charge in [0, 0.05) is 18.2 Å². The highest BCUT2D eigenvalue weighted by molar-refractivity contribution is 8.26. The van der Waals surface area contributed by atoms with Gasteiger partial charge in [-0.05, 0) is 48.4 Å². The molecule has 31 heavy (non-hydrogen) atoms. The molecule has 1 aliphatic rings. The van der Waals surface area contributed by atoms with Crippen LogP contribution in [0.2, 0.25) is 0 Å². The maximum absolute atomic E-state index is 12.8. The average Bonchev–Trinajstić information content (AvgIpc) is 3.39. The molecule has 6 heteroatoms. The van der Waals surface area contributed by atoms with Crippen molar-refractivity contribution in [1.82, 2.24) is 4.90 Å². The van der Waals surface area contributed by atoms with Crippen LogP contribution in [-0.2, 0) is 11.2 Å². The molecule has 1 amide bonds. The van der Waals surface area contributed by atoms with E-state index in [1.807, 2.05) is 68.4 Å². The maximum Gasteiger partial charge on any atom is 0.266 e. The second-order valence-corrected chi connectivity index (χ2v) is 8.14. The quantitative estimate of drug-likeness (QED) is 0.341. The number of carbonyl (C=O) groups excluding carboxylic acids is 1. The summed E-state index contributed by atoms with van der Waals surface area (Å²) >= 11 is 6.70. The number of benzene rings is 2. The molecule has 0 saturated carbocycles. The van der Waals surface area contributed by atoms with Gasteiger partial charge in [0.1, 0.15) is 15.8 Å². The van der Waals surface area contributed by atoms with Crippen LogP contribution in [0.1, 0.15) is 30.7 Å². The molecular formula is C25H22N2O2S2. The molecule has 0 N–H and O–H groups in total. The second-order valence-electron chi connectivity index (χ2n) is 6.46. The third kappa shape index (κ3) is 5.52. The first-order valence-electron chi connectivity index (χ1n) is 10.0. The van der Waals surface area contributed by atoms with Crippen molar-refractivity contribution < 1.29 is 9.21 Å². The topological polar surface area (TPSA) is 57.2 Å². The van der Waals surface area contributed by atoms with E-state index in [1.165, 1.54) is 17.3 Å². The Morgan fingerprint density at radius 1 is 1.06 bits per heavy atom. The summed E-state index contributed by atoms with van der Waals surface area (Å²) in [6.45, 7) is 4.56. The molecule has 0 atom stereocenters. The molecule has 1 fully saturated rings. The lowest BCUT2D eigenvalue weighted by Gasteiger charge is -2.14. The highest BCUT2D eigenvalue weighted by Gasteiger charge is 2.31. The van der Waals surface area contributed by atoms with E-state index in [1.54, 1.807) is 23.1 Å². The lowest BCUT2D eigenvalue weighted by atomic mass is 10.1. The van der Waals surface area contributed by atoms with Crippen molar-refractivity contribution in [3.05, 3.63) is 88.5 Å². The van der Waals surface area contributed by atoms with Crippen LogP contribution in [0, 0.1) is 11.3 Å². The van der Waals surface area contributed by atoms with Crippen LogP contribution in [0.15, 0.2) is 76.1 Å². The fraction of sp³-hybridized carbons (Fsp3) is 0.160. The molecule has 2 heterocycles. The first-order chi connectivity index (χ1) is 15.1. The number of furan rings is 1. The molecule has 1 aromatic heterocycles. The molecule has 0 radical (unpaired) electrons. The van der Waals surface area contributed by atoms with Crippen molar-refractivity contribution in [2.24, 2.45) is 0 Å². The Bertz CT molecular complexity index is 1130. The van der Waals surface area contributed by atoms with Crippen LogP contribution in [-0.4, -0.2) is 21.7 Å². The summed E-state index contributed by atoms with van der Waals surface area (Å²) in [5.41, 5.74) is 2.64. The summed E-state index contributed by atoms with van der Waals surface area (Å²) in [5, 5.41) is 8.90. The Morgan fingerprint density at radius 2 is 1.77 bits per heavy atom. The van der Waals surface area contributed by atoms with Gasteiger partial charge in [0.2, 0.25) is 0 Å². The van der Waals surface area contributed by atoms with E-state index in [0.717, 1.165) is 12.0 Å². The second kappa shape index (κ2) is 10.8. The number of carbonyl (C=O) groups is 1. The van der Waals surface area contributed by atoms with E-state index in [0.29, 0.717) is 32.9 Å². The van der Waals surface area contributed by atoms with Gasteiger partial charge >= 0.3 is 0 Å². The predicted molar refractivity (Wildman–Crippen MR) is 130 cm³/mol. The van der Waals surface area contributed by atoms with E-state index in [2.05, 4.69) is 6.07 Å². The van der Waals surface area contributed by atoms with Crippen molar-refractivity contribution in [3.63, 3.8) is 0 Å². The highest BCUT2D eigenvalue weighted by Crippen LogP contribution is 2.33. The van der Waals surface area contributed by atoms with Gasteiger partial charge in [0.15, 0.2) is 0 Å². The molecule has 2 aromatic carbocycles. The number of thiocarbonyl (C=S) groups is 1. The number of nitrogens with zero attached hydrogens (tertiary/aromatic N) is 2. The molecule has 1 saturated heterocycles. The molecule has 3 aromatic rings. The summed E-state index contributed by atoms with van der Waals surface area (Å²) in [6, 6.07) is 23.0. The number of hydrogen-bond donors (Lipinski definition) is 0. The predicted octanol–water partition coefficient (Wildman–Crippen LogP) is 6.29. The molecule has 0 unspecified atom stereocenters. The minimum Gasteiger partial charge on any atom is -0.457 e. The summed E-state index contributed by atoms with van der Waals surface area (Å²) < 4.78 is 6.43. The SMILES string of the molecule is CC.N#Cc1ccc(-c2ccc(/C=C3/SC(=S)N(CCc4ccccc4)C3=O)o2)cc1. The van der Waals surface area contributed by atoms with Gasteiger partial charge in [0.05, 0.1) is 16.5 Å². The molecule has 156 valence electrons. The van der Waals surface area contributed by atoms with Crippen LogP contribution in [0.4, 0.5) is 0 Å². The number of nitriles is 1. The van der Waals surface area contributed by atoms with E-state index < -0.39 is 0 Å². The molecule has 1 aliphatic heterocycles. The number of amides is 1. The molecular weight excluding hydrogens is 424 g/mol. The fourth-order valence-electron chi connectivity index (χ4n) is 3.00. The van der Waals surface area contributed by atoms with Crippen LogP contribution in [0.5, 0.6) is 0 Å². The van der Waals surface area contributed by atoms with Crippen molar-refractivity contribution in [3.8, 4) is 17.4 Å². The third-order valence-electron chi connectivity index (χ3n) is 4.54. The highest BCUT2D eigenvalue weighted by atomic mass is 32.2. The summed E-state index contributed by atoms with van der Waals surface area (Å²) in [4.78, 5) is 15.0. The minimum absolute atomic E-state index is 0.0905. The van der Waals surface area contributed by atoms with E-state index in [4.69, 9.17) is 21.9 Å². The summed E-state index contributed by atoms with van der Waals surface area (Å²) in [5.74, 6) is 1.18. The number of hydrogen-bond acceptors (Lipinski definition) is 5. The van der Waals surface area contributed by atoms with Crippen LogP contribution in [0.25, 0.3) is 17.4 Å². The Hall–Kier alpha value is -3.14. The summed E-state index contributed by atoms with van der Waals surface area (Å²) in [7, 11) is 0. The maximum atomic E-state index is 12.8. The zero-order valence-electron chi connectivity index (χ0n) is 17.4. The Labute approximate surface area is 192 Å². The fourth-order valence-corrected chi connectivity index (χ4v) is 4.29. The first-order valence-corrected chi connectivity index (χ1v) is 11.3. The first kappa shape index (κ1) is 22.5. The van der Waals surface area contributed by atoms with Crippen LogP contribution in [0.3, 0.4) is 0 Å². The lowest BCUT2D eigenvalue weighted by Crippen LogP contribution is -2.30. The van der Waals surface area contributed by atoms with Gasteiger partial charge in [-0.15, -0.1) is 0 Å².